The fourth-order valence-corrected chi connectivity index (χ4v) is 8.08. The van der Waals surface area contributed by atoms with Gasteiger partial charge in [0.05, 0.1) is 19.0 Å². The molecule has 1 aromatic rings. The molecule has 2 amide bonds. The van der Waals surface area contributed by atoms with Gasteiger partial charge in [0.2, 0.25) is 11.8 Å². The number of carbonyl (C=O) groups excluding carboxylic acids is 2. The smallest absolute Gasteiger partial charge is 0.313 e. The Morgan fingerprint density at radius 2 is 1.97 bits per heavy atom. The summed E-state index contributed by atoms with van der Waals surface area (Å²) in [4.78, 5) is 39.5. The van der Waals surface area contributed by atoms with E-state index in [1.165, 1.54) is 46.6 Å². The first-order valence-electron chi connectivity index (χ1n) is 9.25. The summed E-state index contributed by atoms with van der Waals surface area (Å²) in [6, 6.07) is -0.530. The molecule has 4 rings (SSSR count). The fraction of sp³-hybridized carbons (Fsp3) is 0.688. The first-order valence-corrected chi connectivity index (χ1v) is 13.1. The van der Waals surface area contributed by atoms with Crippen molar-refractivity contribution in [2.24, 2.45) is 11.1 Å². The average molecular weight is 492 g/mol. The van der Waals surface area contributed by atoms with Crippen molar-refractivity contribution in [3.8, 4) is 0 Å². The maximum absolute atomic E-state index is 12.2. The molecule has 4 heterocycles. The molecule has 0 aromatic carbocycles. The van der Waals surface area contributed by atoms with Crippen molar-refractivity contribution < 1.29 is 24.2 Å². The zero-order valence-corrected chi connectivity index (χ0v) is 19.2. The Morgan fingerprint density at radius 3 is 2.67 bits per heavy atom. The number of fused-ring (bicyclic) bond motifs is 1. The monoisotopic (exact) mass is 491 g/mol. The van der Waals surface area contributed by atoms with E-state index in [1.54, 1.807) is 9.80 Å². The Kier molecular flexibility index (Phi) is 6.79. The van der Waals surface area contributed by atoms with Crippen LogP contribution in [0.4, 0.5) is 0 Å². The second-order valence-electron chi connectivity index (χ2n) is 7.18. The molecule has 0 bridgehead atoms. The van der Waals surface area contributed by atoms with Gasteiger partial charge in [-0.15, -0.1) is 22.0 Å². The van der Waals surface area contributed by atoms with Crippen molar-refractivity contribution in [3.05, 3.63) is 0 Å². The van der Waals surface area contributed by atoms with Crippen LogP contribution in [0.2, 0.25) is 0 Å². The van der Waals surface area contributed by atoms with E-state index >= 15 is 0 Å². The number of nitrogens with zero attached hydrogens (tertiary/aromatic N) is 4. The van der Waals surface area contributed by atoms with Crippen molar-refractivity contribution in [3.63, 3.8) is 0 Å². The van der Waals surface area contributed by atoms with Crippen LogP contribution >= 0.6 is 46.6 Å². The third kappa shape index (κ3) is 4.43. The molecule has 164 valence electrons. The number of thioether (sulfide) groups is 3. The highest BCUT2D eigenvalue weighted by Gasteiger charge is 2.55. The lowest BCUT2D eigenvalue weighted by Gasteiger charge is -2.52. The molecule has 3 fully saturated rings. The van der Waals surface area contributed by atoms with Gasteiger partial charge in [-0.2, -0.15) is 0 Å². The van der Waals surface area contributed by atoms with Crippen LogP contribution < -0.4 is 5.73 Å². The SMILES string of the molecule is NC1C(=O)N2CC(CSc3nnc(SCC(=O)N4CCOCC4)s3)(C(=O)O)CS[C@H]12. The molecule has 14 heteroatoms. The highest BCUT2D eigenvalue weighted by Crippen LogP contribution is 2.44. The average Bonchev–Trinajstić information content (AvgIpc) is 3.23. The van der Waals surface area contributed by atoms with Crippen LogP contribution in [0, 0.1) is 5.41 Å². The summed E-state index contributed by atoms with van der Waals surface area (Å²) >= 11 is 5.42. The Morgan fingerprint density at radius 1 is 1.27 bits per heavy atom. The number of hydrogen-bond acceptors (Lipinski definition) is 11. The van der Waals surface area contributed by atoms with Gasteiger partial charge in [0.1, 0.15) is 16.8 Å². The van der Waals surface area contributed by atoms with Crippen LogP contribution in [0.1, 0.15) is 0 Å². The van der Waals surface area contributed by atoms with Gasteiger partial charge in [-0.1, -0.05) is 34.9 Å². The van der Waals surface area contributed by atoms with Crippen molar-refractivity contribution in [1.82, 2.24) is 20.0 Å². The lowest BCUT2D eigenvalue weighted by molar-refractivity contribution is -0.155. The third-order valence-corrected chi connectivity index (χ3v) is 10.3. The summed E-state index contributed by atoms with van der Waals surface area (Å²) in [5.41, 5.74) is 4.74. The summed E-state index contributed by atoms with van der Waals surface area (Å²) in [5.74, 6) is -0.109. The molecule has 0 spiro atoms. The molecule has 3 aliphatic rings. The van der Waals surface area contributed by atoms with E-state index in [0.717, 1.165) is 0 Å². The number of aromatic nitrogens is 2. The van der Waals surface area contributed by atoms with Crippen LogP contribution in [0.5, 0.6) is 0 Å². The lowest BCUT2D eigenvalue weighted by Crippen LogP contribution is -2.72. The molecular weight excluding hydrogens is 470 g/mol. The minimum atomic E-state index is -1.05. The van der Waals surface area contributed by atoms with Crippen molar-refractivity contribution in [1.29, 1.82) is 0 Å². The highest BCUT2D eigenvalue weighted by molar-refractivity contribution is 8.03. The van der Waals surface area contributed by atoms with E-state index in [1.807, 2.05) is 0 Å². The molecule has 3 saturated heterocycles. The van der Waals surface area contributed by atoms with Crippen LogP contribution in [0.25, 0.3) is 0 Å². The number of morpholine rings is 1. The molecule has 0 aliphatic carbocycles. The van der Waals surface area contributed by atoms with E-state index < -0.39 is 17.4 Å². The maximum Gasteiger partial charge on any atom is 0.313 e. The van der Waals surface area contributed by atoms with Crippen LogP contribution in [-0.2, 0) is 19.1 Å². The van der Waals surface area contributed by atoms with Crippen LogP contribution in [-0.4, -0.2) is 104 Å². The first-order chi connectivity index (χ1) is 14.4. The normalized spacial score (nSPS) is 28.8. The summed E-state index contributed by atoms with van der Waals surface area (Å²) in [7, 11) is 0. The minimum absolute atomic E-state index is 0.0451. The molecule has 2 unspecified atom stereocenters. The zero-order valence-electron chi connectivity index (χ0n) is 15.9. The summed E-state index contributed by atoms with van der Waals surface area (Å²) in [6.07, 6.45) is 0. The van der Waals surface area contributed by atoms with Gasteiger partial charge in [-0.05, 0) is 0 Å². The molecule has 3 aliphatic heterocycles. The highest BCUT2D eigenvalue weighted by atomic mass is 32.2. The predicted octanol–water partition coefficient (Wildman–Crippen LogP) is -0.105. The molecule has 0 saturated carbocycles. The van der Waals surface area contributed by atoms with Gasteiger partial charge in [-0.3, -0.25) is 14.4 Å². The number of rotatable bonds is 7. The third-order valence-electron chi connectivity index (χ3n) is 5.18. The number of nitrogens with two attached hydrogens (primary N) is 1. The standard InChI is InChI=1S/C16H21N5O5S4/c17-10-11(23)21-6-16(13(24)25,7-28-12(10)21)8-29-15-19-18-14(30-15)27-5-9(22)20-1-3-26-4-2-20/h10,12H,1-8,17H2,(H,24,25)/t10?,12-,16?/m1/s1. The second-order valence-corrected chi connectivity index (χ2v) is 11.7. The van der Waals surface area contributed by atoms with E-state index in [9.17, 15) is 19.5 Å². The van der Waals surface area contributed by atoms with E-state index in [0.29, 0.717) is 40.7 Å². The predicted molar refractivity (Wildman–Crippen MR) is 115 cm³/mol. The van der Waals surface area contributed by atoms with Crippen LogP contribution in [0.15, 0.2) is 8.68 Å². The minimum Gasteiger partial charge on any atom is -0.481 e. The Hall–Kier alpha value is -1.06. The van der Waals surface area contributed by atoms with Crippen molar-refractivity contribution in [2.75, 3.05) is 50.1 Å². The molecule has 3 N–H and O–H groups in total. The van der Waals surface area contributed by atoms with Gasteiger partial charge >= 0.3 is 5.97 Å². The topological polar surface area (TPSA) is 139 Å². The van der Waals surface area contributed by atoms with Gasteiger partial charge in [0.25, 0.3) is 0 Å². The summed E-state index contributed by atoms with van der Waals surface area (Å²) < 4.78 is 6.57. The number of amides is 2. The van der Waals surface area contributed by atoms with Crippen molar-refractivity contribution >= 4 is 64.4 Å². The number of ether oxygens (including phenoxy) is 1. The quantitative estimate of drug-likeness (QED) is 0.390. The summed E-state index contributed by atoms with van der Waals surface area (Å²) in [6.45, 7) is 2.51. The van der Waals surface area contributed by atoms with Crippen molar-refractivity contribution in [2.45, 2.75) is 20.1 Å². The van der Waals surface area contributed by atoms with Crippen LogP contribution in [0.3, 0.4) is 0 Å². The van der Waals surface area contributed by atoms with Gasteiger partial charge in [-0.25, -0.2) is 0 Å². The Labute approximate surface area is 189 Å². The molecule has 30 heavy (non-hydrogen) atoms. The largest absolute Gasteiger partial charge is 0.481 e. The zero-order chi connectivity index (χ0) is 21.3. The van der Waals surface area contributed by atoms with Gasteiger partial charge in [0.15, 0.2) is 8.68 Å². The maximum atomic E-state index is 12.2. The number of carbonyl (C=O) groups is 3. The van der Waals surface area contributed by atoms with E-state index in [2.05, 4.69) is 10.2 Å². The molecular formula is C16H21N5O5S4. The number of hydrogen-bond donors (Lipinski definition) is 2. The summed E-state index contributed by atoms with van der Waals surface area (Å²) in [5, 5.41) is 17.9. The van der Waals surface area contributed by atoms with Gasteiger partial charge in [0, 0.05) is 31.1 Å². The number of aliphatic carboxylic acids is 1. The Bertz CT molecular complexity index is 835. The molecule has 1 aromatic heterocycles. The lowest BCUT2D eigenvalue weighted by atomic mass is 9.89. The van der Waals surface area contributed by atoms with E-state index in [-0.39, 0.29) is 35.2 Å². The first kappa shape index (κ1) is 22.1. The number of carboxylic acids is 1. The number of β-lactam (4-membered cyclic amide) rings is 1. The second kappa shape index (κ2) is 9.20. The fourth-order valence-electron chi connectivity index (χ4n) is 3.35. The molecule has 10 nitrogen and oxygen atoms in total. The van der Waals surface area contributed by atoms with E-state index in [4.69, 9.17) is 10.5 Å². The molecule has 0 radical (unpaired) electrons. The molecule has 3 atom stereocenters. The van der Waals surface area contributed by atoms with Gasteiger partial charge < -0.3 is 25.4 Å². The Balaban J connectivity index is 1.30. The number of carboxylic acid groups (broad SMARTS) is 1.